The summed E-state index contributed by atoms with van der Waals surface area (Å²) in [5, 5.41) is 0. The Labute approximate surface area is 185 Å². The van der Waals surface area contributed by atoms with Crippen LogP contribution in [0.15, 0.2) is 109 Å². The van der Waals surface area contributed by atoms with E-state index in [1.165, 1.54) is 5.56 Å². The van der Waals surface area contributed by atoms with Crippen molar-refractivity contribution < 1.29 is 0 Å². The first-order valence-corrected chi connectivity index (χ1v) is 10.7. The van der Waals surface area contributed by atoms with Gasteiger partial charge in [-0.3, -0.25) is 0 Å². The summed E-state index contributed by atoms with van der Waals surface area (Å²) in [5.41, 5.74) is 7.65. The van der Waals surface area contributed by atoms with Gasteiger partial charge in [0.25, 0.3) is 0 Å². The fourth-order valence-electron chi connectivity index (χ4n) is 4.14. The van der Waals surface area contributed by atoms with Gasteiger partial charge in [0, 0.05) is 12.1 Å². The van der Waals surface area contributed by atoms with Crippen LogP contribution in [0.25, 0.3) is 44.8 Å². The zero-order valence-electron chi connectivity index (χ0n) is 17.4. The van der Waals surface area contributed by atoms with Crippen molar-refractivity contribution in [1.82, 2.24) is 19.5 Å². The predicted molar refractivity (Wildman–Crippen MR) is 129 cm³/mol. The van der Waals surface area contributed by atoms with Gasteiger partial charge < -0.3 is 4.57 Å². The van der Waals surface area contributed by atoms with Gasteiger partial charge in [-0.15, -0.1) is 0 Å². The standard InChI is InChI=1S/C28H20N4/c1-3-11-20(12-4-1)19-32-25-18-10-9-17-24(25)31-28(32)27-26(21-13-5-2-6-14-21)29-22-15-7-8-16-23(22)30-27/h1-18H,19H2. The molecule has 0 amide bonds. The third-order valence-electron chi connectivity index (χ3n) is 5.67. The lowest BCUT2D eigenvalue weighted by Gasteiger charge is -2.13. The Bertz CT molecular complexity index is 1540. The van der Waals surface area contributed by atoms with E-state index in [4.69, 9.17) is 15.0 Å². The van der Waals surface area contributed by atoms with E-state index in [1.807, 2.05) is 54.6 Å². The van der Waals surface area contributed by atoms with Crippen molar-refractivity contribution in [2.75, 3.05) is 0 Å². The molecule has 2 heterocycles. The average Bonchev–Trinajstić information content (AvgIpc) is 3.22. The highest BCUT2D eigenvalue weighted by Gasteiger charge is 2.20. The summed E-state index contributed by atoms with van der Waals surface area (Å²) in [6.07, 6.45) is 0. The van der Waals surface area contributed by atoms with Crippen molar-refractivity contribution in [1.29, 1.82) is 0 Å². The van der Waals surface area contributed by atoms with Crippen LogP contribution < -0.4 is 0 Å². The van der Waals surface area contributed by atoms with Gasteiger partial charge in [-0.25, -0.2) is 15.0 Å². The van der Waals surface area contributed by atoms with E-state index in [1.54, 1.807) is 0 Å². The molecular formula is C28H20N4. The molecule has 6 rings (SSSR count). The molecule has 4 aromatic carbocycles. The van der Waals surface area contributed by atoms with Crippen LogP contribution >= 0.6 is 0 Å². The number of nitrogens with zero attached hydrogens (tertiary/aromatic N) is 4. The van der Waals surface area contributed by atoms with E-state index in [9.17, 15) is 0 Å². The number of benzene rings is 4. The highest BCUT2D eigenvalue weighted by Crippen LogP contribution is 2.33. The second kappa shape index (κ2) is 7.75. The monoisotopic (exact) mass is 412 g/mol. The molecule has 2 aromatic heterocycles. The molecule has 152 valence electrons. The SMILES string of the molecule is c1ccc(Cn2c(-c3nc4ccccc4nc3-c3ccccc3)nc3ccccc32)cc1. The summed E-state index contributed by atoms with van der Waals surface area (Å²) in [6.45, 7) is 0.708. The largest absolute Gasteiger partial charge is 0.318 e. The molecule has 0 saturated heterocycles. The number of fused-ring (bicyclic) bond motifs is 2. The smallest absolute Gasteiger partial charge is 0.162 e. The maximum absolute atomic E-state index is 5.07. The van der Waals surface area contributed by atoms with E-state index < -0.39 is 0 Å². The Morgan fingerprint density at radius 3 is 1.78 bits per heavy atom. The second-order valence-corrected chi connectivity index (χ2v) is 7.77. The highest BCUT2D eigenvalue weighted by atomic mass is 15.1. The molecule has 0 aliphatic rings. The summed E-state index contributed by atoms with van der Waals surface area (Å²) in [7, 11) is 0. The molecule has 0 saturated carbocycles. The number of hydrogen-bond acceptors (Lipinski definition) is 3. The van der Waals surface area contributed by atoms with Crippen LogP contribution in [-0.4, -0.2) is 19.5 Å². The third kappa shape index (κ3) is 3.22. The number of rotatable bonds is 4. The lowest BCUT2D eigenvalue weighted by atomic mass is 10.1. The van der Waals surface area contributed by atoms with E-state index >= 15 is 0 Å². The van der Waals surface area contributed by atoms with Crippen molar-refractivity contribution in [3.05, 3.63) is 115 Å². The summed E-state index contributed by atoms with van der Waals surface area (Å²) >= 11 is 0. The Morgan fingerprint density at radius 1 is 0.500 bits per heavy atom. The van der Waals surface area contributed by atoms with E-state index in [2.05, 4.69) is 59.2 Å². The molecule has 0 aliphatic carbocycles. The average molecular weight is 412 g/mol. The number of aromatic nitrogens is 4. The van der Waals surface area contributed by atoms with Gasteiger partial charge in [0.1, 0.15) is 11.4 Å². The topological polar surface area (TPSA) is 43.6 Å². The fraction of sp³-hybridized carbons (Fsp3) is 0.0357. The Morgan fingerprint density at radius 2 is 1.06 bits per heavy atom. The van der Waals surface area contributed by atoms with Crippen LogP contribution in [0.2, 0.25) is 0 Å². The maximum atomic E-state index is 5.07. The van der Waals surface area contributed by atoms with Crippen LogP contribution in [0, 0.1) is 0 Å². The second-order valence-electron chi connectivity index (χ2n) is 7.77. The maximum Gasteiger partial charge on any atom is 0.162 e. The Kier molecular flexibility index (Phi) is 4.47. The minimum absolute atomic E-state index is 0.708. The molecule has 0 N–H and O–H groups in total. The molecule has 4 nitrogen and oxygen atoms in total. The number of para-hydroxylation sites is 4. The van der Waals surface area contributed by atoms with Crippen LogP contribution in [-0.2, 0) is 6.54 Å². The van der Waals surface area contributed by atoms with Gasteiger partial charge in [0.05, 0.1) is 22.1 Å². The van der Waals surface area contributed by atoms with Crippen molar-refractivity contribution in [2.24, 2.45) is 0 Å². The molecule has 0 unspecified atom stereocenters. The molecule has 0 fully saturated rings. The quantitative estimate of drug-likeness (QED) is 0.338. The van der Waals surface area contributed by atoms with Crippen LogP contribution in [0.1, 0.15) is 5.56 Å². The summed E-state index contributed by atoms with van der Waals surface area (Å²) < 4.78 is 2.25. The van der Waals surface area contributed by atoms with E-state index in [0.29, 0.717) is 6.54 Å². The first kappa shape index (κ1) is 18.5. The van der Waals surface area contributed by atoms with Gasteiger partial charge >= 0.3 is 0 Å². The van der Waals surface area contributed by atoms with Crippen molar-refractivity contribution in [2.45, 2.75) is 6.54 Å². The lowest BCUT2D eigenvalue weighted by molar-refractivity contribution is 0.831. The van der Waals surface area contributed by atoms with Crippen LogP contribution in [0.3, 0.4) is 0 Å². The van der Waals surface area contributed by atoms with Crippen molar-refractivity contribution in [3.63, 3.8) is 0 Å². The van der Waals surface area contributed by atoms with E-state index in [-0.39, 0.29) is 0 Å². The van der Waals surface area contributed by atoms with Gasteiger partial charge in [0.15, 0.2) is 5.82 Å². The van der Waals surface area contributed by atoms with Gasteiger partial charge in [0.2, 0.25) is 0 Å². The minimum Gasteiger partial charge on any atom is -0.318 e. The first-order chi connectivity index (χ1) is 15.9. The molecular weight excluding hydrogens is 392 g/mol. The first-order valence-electron chi connectivity index (χ1n) is 10.7. The van der Waals surface area contributed by atoms with E-state index in [0.717, 1.165) is 44.8 Å². The highest BCUT2D eigenvalue weighted by molar-refractivity contribution is 5.88. The normalized spacial score (nSPS) is 11.2. The molecule has 6 aromatic rings. The Hall–Kier alpha value is -4.31. The van der Waals surface area contributed by atoms with Crippen LogP contribution in [0.4, 0.5) is 0 Å². The number of hydrogen-bond donors (Lipinski definition) is 0. The van der Waals surface area contributed by atoms with Gasteiger partial charge in [-0.1, -0.05) is 84.9 Å². The fourth-order valence-corrected chi connectivity index (χ4v) is 4.14. The van der Waals surface area contributed by atoms with Crippen molar-refractivity contribution in [3.8, 4) is 22.8 Å². The molecule has 4 heteroatoms. The summed E-state index contributed by atoms with van der Waals surface area (Å²) in [5.74, 6) is 0.826. The summed E-state index contributed by atoms with van der Waals surface area (Å²) in [6, 6.07) is 36.9. The zero-order chi connectivity index (χ0) is 21.3. The molecule has 0 spiro atoms. The minimum atomic E-state index is 0.708. The molecule has 0 atom stereocenters. The lowest BCUT2D eigenvalue weighted by Crippen LogP contribution is -2.05. The Balaban J connectivity index is 1.65. The molecule has 32 heavy (non-hydrogen) atoms. The third-order valence-corrected chi connectivity index (χ3v) is 5.67. The molecule has 0 bridgehead atoms. The summed E-state index contributed by atoms with van der Waals surface area (Å²) in [4.78, 5) is 15.1. The van der Waals surface area contributed by atoms with Crippen LogP contribution in [0.5, 0.6) is 0 Å². The van der Waals surface area contributed by atoms with Crippen molar-refractivity contribution >= 4 is 22.1 Å². The predicted octanol–water partition coefficient (Wildman–Crippen LogP) is 6.36. The molecule has 0 radical (unpaired) electrons. The van der Waals surface area contributed by atoms with Gasteiger partial charge in [-0.05, 0) is 29.8 Å². The van der Waals surface area contributed by atoms with Gasteiger partial charge in [-0.2, -0.15) is 0 Å². The molecule has 0 aliphatic heterocycles. The number of imidazole rings is 1. The zero-order valence-corrected chi connectivity index (χ0v) is 17.4.